The van der Waals surface area contributed by atoms with Crippen LogP contribution in [0.15, 0.2) is 18.2 Å². The van der Waals surface area contributed by atoms with Gasteiger partial charge in [-0.25, -0.2) is 4.39 Å². The standard InChI is InChI=1S/C13H16FNO/c1-8-3-10(5-12(14)4-8)13(16)9(2)11-6-15-7-11/h3-5,9,11,15H,6-7H2,1-2H3. The van der Waals surface area contributed by atoms with Crippen molar-refractivity contribution in [2.45, 2.75) is 13.8 Å². The van der Waals surface area contributed by atoms with Crippen molar-refractivity contribution in [2.24, 2.45) is 11.8 Å². The second kappa shape index (κ2) is 4.34. The molecule has 0 radical (unpaired) electrons. The average Bonchev–Trinajstić information content (AvgIpc) is 2.12. The number of rotatable bonds is 3. The Bertz CT molecular complexity index is 392. The van der Waals surface area contributed by atoms with E-state index in [9.17, 15) is 9.18 Å². The molecule has 0 bridgehead atoms. The first-order chi connectivity index (χ1) is 7.58. The molecule has 2 rings (SSSR count). The molecule has 3 heteroatoms. The third-order valence-electron chi connectivity index (χ3n) is 3.26. The summed E-state index contributed by atoms with van der Waals surface area (Å²) >= 11 is 0. The summed E-state index contributed by atoms with van der Waals surface area (Å²) in [5.41, 5.74) is 1.29. The molecule has 2 nitrogen and oxygen atoms in total. The van der Waals surface area contributed by atoms with Crippen LogP contribution in [0.1, 0.15) is 22.8 Å². The summed E-state index contributed by atoms with van der Waals surface area (Å²) in [7, 11) is 0. The lowest BCUT2D eigenvalue weighted by molar-refractivity contribution is 0.0853. The Balaban J connectivity index is 2.19. The number of carbonyl (C=O) groups is 1. The Morgan fingerprint density at radius 2 is 2.12 bits per heavy atom. The van der Waals surface area contributed by atoms with Crippen LogP contribution in [0.5, 0.6) is 0 Å². The van der Waals surface area contributed by atoms with Crippen LogP contribution in [0.2, 0.25) is 0 Å². The predicted molar refractivity (Wildman–Crippen MR) is 61.0 cm³/mol. The summed E-state index contributed by atoms with van der Waals surface area (Å²) in [6, 6.07) is 4.53. The molecule has 1 N–H and O–H groups in total. The van der Waals surface area contributed by atoms with Crippen molar-refractivity contribution < 1.29 is 9.18 Å². The molecular weight excluding hydrogens is 205 g/mol. The zero-order chi connectivity index (χ0) is 11.7. The second-order valence-electron chi connectivity index (χ2n) is 4.59. The number of Topliss-reactive ketones (excluding diaryl/α,β-unsaturated/α-hetero) is 1. The molecule has 1 atom stereocenters. The minimum Gasteiger partial charge on any atom is -0.316 e. The lowest BCUT2D eigenvalue weighted by Gasteiger charge is -2.31. The quantitative estimate of drug-likeness (QED) is 0.792. The first-order valence-corrected chi connectivity index (χ1v) is 5.60. The van der Waals surface area contributed by atoms with E-state index in [1.54, 1.807) is 13.0 Å². The van der Waals surface area contributed by atoms with E-state index < -0.39 is 0 Å². The molecule has 86 valence electrons. The van der Waals surface area contributed by atoms with Crippen LogP contribution in [0.4, 0.5) is 4.39 Å². The first-order valence-electron chi connectivity index (χ1n) is 5.60. The SMILES string of the molecule is Cc1cc(F)cc(C(=O)C(C)C2CNC2)c1. The highest BCUT2D eigenvalue weighted by Crippen LogP contribution is 2.21. The maximum absolute atomic E-state index is 13.2. The van der Waals surface area contributed by atoms with Gasteiger partial charge < -0.3 is 5.32 Å². The molecule has 1 saturated heterocycles. The Morgan fingerprint density at radius 1 is 1.44 bits per heavy atom. The van der Waals surface area contributed by atoms with Gasteiger partial charge in [-0.15, -0.1) is 0 Å². The lowest BCUT2D eigenvalue weighted by Crippen LogP contribution is -2.47. The molecule has 0 spiro atoms. The van der Waals surface area contributed by atoms with Crippen LogP contribution in [0.3, 0.4) is 0 Å². The zero-order valence-electron chi connectivity index (χ0n) is 9.59. The summed E-state index contributed by atoms with van der Waals surface area (Å²) in [5.74, 6) is 0.0925. The highest BCUT2D eigenvalue weighted by Gasteiger charge is 2.29. The minimum absolute atomic E-state index is 0.0255. The number of benzene rings is 1. The van der Waals surface area contributed by atoms with Gasteiger partial charge in [-0.3, -0.25) is 4.79 Å². The zero-order valence-corrected chi connectivity index (χ0v) is 9.59. The number of nitrogens with one attached hydrogen (secondary N) is 1. The Labute approximate surface area is 94.9 Å². The van der Waals surface area contributed by atoms with Gasteiger partial charge in [0, 0.05) is 11.5 Å². The van der Waals surface area contributed by atoms with Crippen LogP contribution in [-0.2, 0) is 0 Å². The topological polar surface area (TPSA) is 29.1 Å². The van der Waals surface area contributed by atoms with Gasteiger partial charge in [0.15, 0.2) is 5.78 Å². The third-order valence-corrected chi connectivity index (χ3v) is 3.26. The monoisotopic (exact) mass is 221 g/mol. The maximum atomic E-state index is 13.2. The summed E-state index contributed by atoms with van der Waals surface area (Å²) in [4.78, 5) is 12.1. The van der Waals surface area contributed by atoms with E-state index in [-0.39, 0.29) is 17.5 Å². The van der Waals surface area contributed by atoms with Crippen LogP contribution < -0.4 is 5.32 Å². The van der Waals surface area contributed by atoms with Crippen molar-refractivity contribution in [1.29, 1.82) is 0 Å². The minimum atomic E-state index is -0.331. The van der Waals surface area contributed by atoms with Gasteiger partial charge in [0.25, 0.3) is 0 Å². The van der Waals surface area contributed by atoms with Gasteiger partial charge in [0.2, 0.25) is 0 Å². The van der Waals surface area contributed by atoms with E-state index in [0.29, 0.717) is 11.5 Å². The van der Waals surface area contributed by atoms with E-state index >= 15 is 0 Å². The molecule has 1 aromatic carbocycles. The average molecular weight is 221 g/mol. The fourth-order valence-corrected chi connectivity index (χ4v) is 2.02. The molecule has 1 aliphatic heterocycles. The highest BCUT2D eigenvalue weighted by molar-refractivity contribution is 5.98. The van der Waals surface area contributed by atoms with E-state index in [2.05, 4.69) is 5.32 Å². The van der Waals surface area contributed by atoms with Gasteiger partial charge in [-0.05, 0) is 49.7 Å². The van der Waals surface area contributed by atoms with E-state index in [0.717, 1.165) is 18.7 Å². The Kier molecular flexibility index (Phi) is 3.06. The second-order valence-corrected chi connectivity index (χ2v) is 4.59. The lowest BCUT2D eigenvalue weighted by atomic mass is 9.83. The van der Waals surface area contributed by atoms with Crippen LogP contribution in [0, 0.1) is 24.6 Å². The normalized spacial score (nSPS) is 17.9. The number of ketones is 1. The molecule has 1 unspecified atom stereocenters. The van der Waals surface area contributed by atoms with Crippen molar-refractivity contribution in [1.82, 2.24) is 5.32 Å². The number of hydrogen-bond acceptors (Lipinski definition) is 2. The Hall–Kier alpha value is -1.22. The fraction of sp³-hybridized carbons (Fsp3) is 0.462. The summed E-state index contributed by atoms with van der Waals surface area (Å²) in [6.07, 6.45) is 0. The molecule has 1 aromatic rings. The van der Waals surface area contributed by atoms with Crippen LogP contribution in [0.25, 0.3) is 0 Å². The smallest absolute Gasteiger partial charge is 0.166 e. The number of halogens is 1. The predicted octanol–water partition coefficient (Wildman–Crippen LogP) is 2.17. The largest absolute Gasteiger partial charge is 0.316 e. The van der Waals surface area contributed by atoms with Gasteiger partial charge in [0.05, 0.1) is 0 Å². The molecule has 0 saturated carbocycles. The summed E-state index contributed by atoms with van der Waals surface area (Å²) in [5, 5.41) is 3.14. The fourth-order valence-electron chi connectivity index (χ4n) is 2.02. The Morgan fingerprint density at radius 3 is 2.62 bits per heavy atom. The van der Waals surface area contributed by atoms with Crippen molar-refractivity contribution in [3.63, 3.8) is 0 Å². The number of hydrogen-bond donors (Lipinski definition) is 1. The molecular formula is C13H16FNO. The van der Waals surface area contributed by atoms with E-state index in [1.807, 2.05) is 6.92 Å². The summed E-state index contributed by atoms with van der Waals surface area (Å²) < 4.78 is 13.2. The third kappa shape index (κ3) is 2.14. The van der Waals surface area contributed by atoms with Crippen LogP contribution in [-0.4, -0.2) is 18.9 Å². The van der Waals surface area contributed by atoms with E-state index in [1.165, 1.54) is 12.1 Å². The van der Waals surface area contributed by atoms with Gasteiger partial charge in [-0.1, -0.05) is 6.92 Å². The van der Waals surface area contributed by atoms with Gasteiger partial charge >= 0.3 is 0 Å². The van der Waals surface area contributed by atoms with Crippen LogP contribution >= 0.6 is 0 Å². The highest BCUT2D eigenvalue weighted by atomic mass is 19.1. The van der Waals surface area contributed by atoms with Gasteiger partial charge in [-0.2, -0.15) is 0 Å². The van der Waals surface area contributed by atoms with Crippen molar-refractivity contribution in [2.75, 3.05) is 13.1 Å². The van der Waals surface area contributed by atoms with Crippen molar-refractivity contribution >= 4 is 5.78 Å². The van der Waals surface area contributed by atoms with Gasteiger partial charge in [0.1, 0.15) is 5.82 Å². The molecule has 1 aliphatic rings. The molecule has 0 amide bonds. The molecule has 1 heterocycles. The first kappa shape index (κ1) is 11.3. The molecule has 1 fully saturated rings. The van der Waals surface area contributed by atoms with Crippen molar-refractivity contribution in [3.8, 4) is 0 Å². The maximum Gasteiger partial charge on any atom is 0.166 e. The summed E-state index contributed by atoms with van der Waals surface area (Å²) in [6.45, 7) is 5.51. The molecule has 0 aliphatic carbocycles. The van der Waals surface area contributed by atoms with E-state index in [4.69, 9.17) is 0 Å². The number of aryl methyl sites for hydroxylation is 1. The molecule has 0 aromatic heterocycles. The molecule has 16 heavy (non-hydrogen) atoms. The number of carbonyl (C=O) groups excluding carboxylic acids is 1. The van der Waals surface area contributed by atoms with Crippen molar-refractivity contribution in [3.05, 3.63) is 35.1 Å².